The third-order valence-electron chi connectivity index (χ3n) is 4.88. The summed E-state index contributed by atoms with van der Waals surface area (Å²) in [7, 11) is 0. The predicted molar refractivity (Wildman–Crippen MR) is 83.1 cm³/mol. The van der Waals surface area contributed by atoms with Crippen molar-refractivity contribution in [3.05, 3.63) is 35.6 Å². The Balaban J connectivity index is 2.04. The summed E-state index contributed by atoms with van der Waals surface area (Å²) >= 11 is 0. The molecular formula is C18H28FN. The topological polar surface area (TPSA) is 12.0 Å². The van der Waals surface area contributed by atoms with Gasteiger partial charge in [0.1, 0.15) is 5.82 Å². The molecule has 1 aliphatic rings. The number of benzene rings is 1. The van der Waals surface area contributed by atoms with Crippen molar-refractivity contribution in [2.75, 3.05) is 6.54 Å². The molecule has 0 spiro atoms. The van der Waals surface area contributed by atoms with Crippen LogP contribution in [0.2, 0.25) is 0 Å². The van der Waals surface area contributed by atoms with E-state index in [0.717, 1.165) is 18.4 Å². The highest BCUT2D eigenvalue weighted by Crippen LogP contribution is 2.39. The van der Waals surface area contributed by atoms with Gasteiger partial charge in [-0.25, -0.2) is 4.39 Å². The van der Waals surface area contributed by atoms with E-state index >= 15 is 0 Å². The van der Waals surface area contributed by atoms with E-state index in [1.165, 1.54) is 31.2 Å². The van der Waals surface area contributed by atoms with E-state index in [1.54, 1.807) is 12.1 Å². The molecule has 1 fully saturated rings. The van der Waals surface area contributed by atoms with Gasteiger partial charge in [-0.1, -0.05) is 32.9 Å². The van der Waals surface area contributed by atoms with Gasteiger partial charge in [-0.15, -0.1) is 0 Å². The molecule has 2 heteroatoms. The molecule has 20 heavy (non-hydrogen) atoms. The maximum Gasteiger partial charge on any atom is 0.123 e. The van der Waals surface area contributed by atoms with Crippen LogP contribution in [0.4, 0.5) is 4.39 Å². The highest BCUT2D eigenvalue weighted by atomic mass is 19.1. The van der Waals surface area contributed by atoms with Crippen LogP contribution >= 0.6 is 0 Å². The third kappa shape index (κ3) is 3.82. The number of halogens is 1. The summed E-state index contributed by atoms with van der Waals surface area (Å²) in [5, 5.41) is 3.61. The van der Waals surface area contributed by atoms with Crippen molar-refractivity contribution < 1.29 is 4.39 Å². The zero-order valence-electron chi connectivity index (χ0n) is 13.0. The fourth-order valence-electron chi connectivity index (χ4n) is 3.59. The van der Waals surface area contributed by atoms with Crippen molar-refractivity contribution in [1.82, 2.24) is 5.32 Å². The van der Waals surface area contributed by atoms with Crippen LogP contribution in [0.3, 0.4) is 0 Å². The molecule has 1 aromatic rings. The van der Waals surface area contributed by atoms with Gasteiger partial charge in [0.15, 0.2) is 0 Å². The Kier molecular flexibility index (Phi) is 5.59. The Morgan fingerprint density at radius 2 is 1.60 bits per heavy atom. The first-order valence-electron chi connectivity index (χ1n) is 8.10. The molecule has 0 amide bonds. The monoisotopic (exact) mass is 277 g/mol. The van der Waals surface area contributed by atoms with Crippen LogP contribution in [0.15, 0.2) is 24.3 Å². The summed E-state index contributed by atoms with van der Waals surface area (Å²) in [6.45, 7) is 7.79. The molecule has 0 aliphatic heterocycles. The maximum atomic E-state index is 13.1. The van der Waals surface area contributed by atoms with Gasteiger partial charge in [-0.2, -0.15) is 0 Å². The van der Waals surface area contributed by atoms with Gasteiger partial charge in [0.05, 0.1) is 0 Å². The Labute approximate surface area is 123 Å². The van der Waals surface area contributed by atoms with Crippen molar-refractivity contribution in [2.24, 2.45) is 17.8 Å². The van der Waals surface area contributed by atoms with Gasteiger partial charge in [-0.3, -0.25) is 0 Å². The van der Waals surface area contributed by atoms with Crippen LogP contribution in [0.25, 0.3) is 0 Å². The van der Waals surface area contributed by atoms with Crippen molar-refractivity contribution in [2.45, 2.75) is 52.5 Å². The van der Waals surface area contributed by atoms with E-state index in [0.29, 0.717) is 12.0 Å². The van der Waals surface area contributed by atoms with Crippen molar-refractivity contribution in [3.8, 4) is 0 Å². The second-order valence-electron chi connectivity index (χ2n) is 6.51. The molecule has 1 atom stereocenters. The molecule has 2 rings (SSSR count). The molecule has 0 aromatic heterocycles. The molecule has 0 heterocycles. The van der Waals surface area contributed by atoms with Crippen LogP contribution in [-0.2, 0) is 0 Å². The molecule has 1 saturated carbocycles. The van der Waals surface area contributed by atoms with Crippen LogP contribution in [0, 0.1) is 23.6 Å². The summed E-state index contributed by atoms with van der Waals surface area (Å²) in [5.41, 5.74) is 1.24. The number of hydrogen-bond donors (Lipinski definition) is 1. The van der Waals surface area contributed by atoms with Crippen LogP contribution in [0.1, 0.15) is 58.1 Å². The average molecular weight is 277 g/mol. The van der Waals surface area contributed by atoms with Gasteiger partial charge in [0.25, 0.3) is 0 Å². The summed E-state index contributed by atoms with van der Waals surface area (Å²) in [6, 6.07) is 7.43. The molecule has 0 saturated heterocycles. The number of rotatable bonds is 5. The Morgan fingerprint density at radius 3 is 2.10 bits per heavy atom. The zero-order valence-corrected chi connectivity index (χ0v) is 13.0. The minimum atomic E-state index is -0.146. The largest absolute Gasteiger partial charge is 0.310 e. The summed E-state index contributed by atoms with van der Waals surface area (Å²) < 4.78 is 13.1. The second kappa shape index (κ2) is 7.21. The van der Waals surface area contributed by atoms with Crippen molar-refractivity contribution in [3.63, 3.8) is 0 Å². The minimum absolute atomic E-state index is 0.146. The van der Waals surface area contributed by atoms with E-state index in [1.807, 2.05) is 12.1 Å². The van der Waals surface area contributed by atoms with Crippen LogP contribution in [-0.4, -0.2) is 6.54 Å². The average Bonchev–Trinajstić information content (AvgIpc) is 2.46. The number of nitrogens with one attached hydrogen (secondary N) is 1. The minimum Gasteiger partial charge on any atom is -0.310 e. The first-order valence-corrected chi connectivity index (χ1v) is 8.10. The molecule has 0 bridgehead atoms. The van der Waals surface area contributed by atoms with E-state index in [2.05, 4.69) is 26.1 Å². The van der Waals surface area contributed by atoms with E-state index in [-0.39, 0.29) is 5.82 Å². The lowest BCUT2D eigenvalue weighted by atomic mass is 9.73. The SMILES string of the molecule is CCNC(c1ccc(F)cc1)C1CCC(C(C)C)CC1. The number of hydrogen-bond acceptors (Lipinski definition) is 1. The molecule has 1 aliphatic carbocycles. The molecule has 1 nitrogen and oxygen atoms in total. The van der Waals surface area contributed by atoms with Gasteiger partial charge >= 0.3 is 0 Å². The lowest BCUT2D eigenvalue weighted by molar-refractivity contribution is 0.190. The van der Waals surface area contributed by atoms with Crippen LogP contribution < -0.4 is 5.32 Å². The lowest BCUT2D eigenvalue weighted by Crippen LogP contribution is -2.31. The van der Waals surface area contributed by atoms with Crippen molar-refractivity contribution >= 4 is 0 Å². The summed E-state index contributed by atoms with van der Waals surface area (Å²) in [6.07, 6.45) is 5.26. The van der Waals surface area contributed by atoms with E-state index in [9.17, 15) is 4.39 Å². The predicted octanol–water partition coefficient (Wildman–Crippen LogP) is 4.94. The molecule has 0 radical (unpaired) electrons. The Bertz CT molecular complexity index is 390. The smallest absolute Gasteiger partial charge is 0.123 e. The standard InChI is InChI=1S/C18H28FN/c1-4-20-18(16-9-11-17(19)12-10-16)15-7-5-14(6-8-15)13(2)3/h9-15,18,20H,4-8H2,1-3H3. The van der Waals surface area contributed by atoms with E-state index < -0.39 is 0 Å². The normalized spacial score (nSPS) is 24.9. The zero-order chi connectivity index (χ0) is 14.5. The molecule has 112 valence electrons. The quantitative estimate of drug-likeness (QED) is 0.804. The highest BCUT2D eigenvalue weighted by molar-refractivity contribution is 5.21. The van der Waals surface area contributed by atoms with Gasteiger partial charge < -0.3 is 5.32 Å². The first kappa shape index (κ1) is 15.5. The maximum absolute atomic E-state index is 13.1. The molecular weight excluding hydrogens is 249 g/mol. The first-order chi connectivity index (χ1) is 9.61. The van der Waals surface area contributed by atoms with Crippen molar-refractivity contribution in [1.29, 1.82) is 0 Å². The molecule has 1 aromatic carbocycles. The summed E-state index contributed by atoms with van der Waals surface area (Å²) in [4.78, 5) is 0. The highest BCUT2D eigenvalue weighted by Gasteiger charge is 2.29. The Hall–Kier alpha value is -0.890. The van der Waals surface area contributed by atoms with Gasteiger partial charge in [-0.05, 0) is 67.7 Å². The second-order valence-corrected chi connectivity index (χ2v) is 6.51. The summed E-state index contributed by atoms with van der Waals surface area (Å²) in [5.74, 6) is 2.24. The molecule has 1 N–H and O–H groups in total. The third-order valence-corrected chi connectivity index (χ3v) is 4.88. The van der Waals surface area contributed by atoms with E-state index in [4.69, 9.17) is 0 Å². The fraction of sp³-hybridized carbons (Fsp3) is 0.667. The Morgan fingerprint density at radius 1 is 1.05 bits per heavy atom. The molecule has 1 unspecified atom stereocenters. The lowest BCUT2D eigenvalue weighted by Gasteiger charge is -2.36. The fourth-order valence-corrected chi connectivity index (χ4v) is 3.59. The van der Waals surface area contributed by atoms with Crippen LogP contribution in [0.5, 0.6) is 0 Å². The van der Waals surface area contributed by atoms with Gasteiger partial charge in [0.2, 0.25) is 0 Å². The van der Waals surface area contributed by atoms with Gasteiger partial charge in [0, 0.05) is 6.04 Å².